The fraction of sp³-hybridized carbons (Fsp3) is 0.588. The van der Waals surface area contributed by atoms with Crippen molar-refractivity contribution in [3.8, 4) is 5.75 Å². The van der Waals surface area contributed by atoms with Crippen molar-refractivity contribution in [1.29, 1.82) is 0 Å². The summed E-state index contributed by atoms with van der Waals surface area (Å²) in [6.07, 6.45) is 1.53. The third-order valence-corrected chi connectivity index (χ3v) is 6.08. The van der Waals surface area contributed by atoms with Gasteiger partial charge in [0.25, 0.3) is 5.91 Å². The first-order chi connectivity index (χ1) is 11.4. The van der Waals surface area contributed by atoms with Gasteiger partial charge >= 0.3 is 0 Å². The average Bonchev–Trinajstić information content (AvgIpc) is 2.59. The Bertz CT molecular complexity index is 635. The third-order valence-electron chi connectivity index (χ3n) is 4.12. The Balaban J connectivity index is 1.79. The van der Waals surface area contributed by atoms with E-state index < -0.39 is 10.0 Å². The van der Waals surface area contributed by atoms with Gasteiger partial charge in [-0.3, -0.25) is 4.79 Å². The second-order valence-electron chi connectivity index (χ2n) is 6.05. The van der Waals surface area contributed by atoms with Crippen LogP contribution in [0.3, 0.4) is 0 Å². The number of ether oxygens (including phenoxy) is 1. The molecule has 0 aliphatic carbocycles. The number of rotatable bonds is 7. The van der Waals surface area contributed by atoms with Gasteiger partial charge in [0.05, 0.1) is 5.75 Å². The van der Waals surface area contributed by atoms with Crippen LogP contribution in [-0.4, -0.2) is 62.1 Å². The Labute approximate surface area is 144 Å². The Morgan fingerprint density at radius 2 is 1.75 bits per heavy atom. The zero-order chi connectivity index (χ0) is 17.6. The van der Waals surface area contributed by atoms with E-state index in [-0.39, 0.29) is 18.3 Å². The fourth-order valence-corrected chi connectivity index (χ4v) is 4.17. The van der Waals surface area contributed by atoms with Gasteiger partial charge in [-0.2, -0.15) is 4.31 Å². The van der Waals surface area contributed by atoms with E-state index in [1.807, 2.05) is 38.1 Å². The molecule has 0 N–H and O–H groups in total. The number of amides is 1. The molecule has 0 unspecified atom stereocenters. The molecule has 7 heteroatoms. The summed E-state index contributed by atoms with van der Waals surface area (Å²) in [6, 6.07) is 7.53. The molecule has 0 atom stereocenters. The molecule has 134 valence electrons. The van der Waals surface area contributed by atoms with Crippen LogP contribution in [0.2, 0.25) is 0 Å². The highest BCUT2D eigenvalue weighted by Crippen LogP contribution is 2.13. The van der Waals surface area contributed by atoms with Crippen LogP contribution < -0.4 is 4.74 Å². The highest BCUT2D eigenvalue weighted by atomic mass is 32.2. The molecular formula is C17H26N2O4S. The van der Waals surface area contributed by atoms with E-state index in [0.29, 0.717) is 38.3 Å². The Kier molecular flexibility index (Phi) is 6.62. The molecule has 1 heterocycles. The number of sulfonamides is 1. The van der Waals surface area contributed by atoms with Gasteiger partial charge in [0.1, 0.15) is 5.75 Å². The van der Waals surface area contributed by atoms with E-state index in [2.05, 4.69) is 0 Å². The van der Waals surface area contributed by atoms with Crippen molar-refractivity contribution in [2.24, 2.45) is 0 Å². The van der Waals surface area contributed by atoms with Crippen LogP contribution in [0, 0.1) is 6.92 Å². The Morgan fingerprint density at radius 1 is 1.12 bits per heavy atom. The van der Waals surface area contributed by atoms with Crippen molar-refractivity contribution in [2.75, 3.05) is 38.5 Å². The lowest BCUT2D eigenvalue weighted by atomic mass is 10.2. The van der Waals surface area contributed by atoms with E-state index in [4.69, 9.17) is 4.74 Å². The Hall–Kier alpha value is -1.60. The van der Waals surface area contributed by atoms with Gasteiger partial charge in [0.2, 0.25) is 10.0 Å². The zero-order valence-electron chi connectivity index (χ0n) is 14.4. The van der Waals surface area contributed by atoms with Crippen molar-refractivity contribution in [1.82, 2.24) is 9.21 Å². The molecule has 1 saturated heterocycles. The number of unbranched alkanes of at least 4 members (excludes halogenated alkanes) is 1. The molecule has 0 spiro atoms. The molecule has 1 aromatic rings. The van der Waals surface area contributed by atoms with Crippen LogP contribution in [0.25, 0.3) is 0 Å². The van der Waals surface area contributed by atoms with Gasteiger partial charge < -0.3 is 9.64 Å². The molecule has 1 fully saturated rings. The number of hydrogen-bond donors (Lipinski definition) is 0. The standard InChI is InChI=1S/C17H26N2O4S/c1-3-4-13-24(21,22)19-11-9-18(10-12-19)17(20)14-23-16-7-5-15(2)6-8-16/h5-8H,3-4,9-14H2,1-2H3. The first-order valence-corrected chi connectivity index (χ1v) is 9.98. The summed E-state index contributed by atoms with van der Waals surface area (Å²) in [5.74, 6) is 0.740. The van der Waals surface area contributed by atoms with Gasteiger partial charge in [0.15, 0.2) is 6.61 Å². The van der Waals surface area contributed by atoms with E-state index in [9.17, 15) is 13.2 Å². The molecule has 1 aliphatic rings. The first-order valence-electron chi connectivity index (χ1n) is 8.37. The van der Waals surface area contributed by atoms with Crippen LogP contribution in [0.5, 0.6) is 5.75 Å². The van der Waals surface area contributed by atoms with E-state index in [0.717, 1.165) is 12.0 Å². The van der Waals surface area contributed by atoms with E-state index in [1.165, 1.54) is 4.31 Å². The smallest absolute Gasteiger partial charge is 0.260 e. The topological polar surface area (TPSA) is 66.9 Å². The Morgan fingerprint density at radius 3 is 2.33 bits per heavy atom. The number of carbonyl (C=O) groups is 1. The number of aryl methyl sites for hydroxylation is 1. The van der Waals surface area contributed by atoms with Crippen LogP contribution in [0.1, 0.15) is 25.3 Å². The quantitative estimate of drug-likeness (QED) is 0.747. The minimum absolute atomic E-state index is 0.0222. The molecule has 0 saturated carbocycles. The van der Waals surface area contributed by atoms with Gasteiger partial charge in [-0.1, -0.05) is 31.0 Å². The monoisotopic (exact) mass is 354 g/mol. The van der Waals surface area contributed by atoms with Gasteiger partial charge in [-0.25, -0.2) is 8.42 Å². The van der Waals surface area contributed by atoms with Crippen LogP contribution in [-0.2, 0) is 14.8 Å². The normalized spacial score (nSPS) is 16.2. The fourth-order valence-electron chi connectivity index (χ4n) is 2.54. The minimum Gasteiger partial charge on any atom is -0.484 e. The maximum absolute atomic E-state index is 12.2. The van der Waals surface area contributed by atoms with Crippen LogP contribution >= 0.6 is 0 Å². The lowest BCUT2D eigenvalue weighted by Gasteiger charge is -2.34. The molecule has 1 aromatic carbocycles. The predicted octanol–water partition coefficient (Wildman–Crippen LogP) is 1.65. The summed E-state index contributed by atoms with van der Waals surface area (Å²) in [5, 5.41) is 0. The number of piperazine rings is 1. The number of hydrogen-bond acceptors (Lipinski definition) is 4. The highest BCUT2D eigenvalue weighted by molar-refractivity contribution is 7.89. The summed E-state index contributed by atoms with van der Waals surface area (Å²) < 4.78 is 31.3. The van der Waals surface area contributed by atoms with Crippen molar-refractivity contribution in [3.63, 3.8) is 0 Å². The SMILES string of the molecule is CCCCS(=O)(=O)N1CCN(C(=O)COc2ccc(C)cc2)CC1. The minimum atomic E-state index is -3.19. The summed E-state index contributed by atoms with van der Waals surface area (Å²) in [5.41, 5.74) is 1.13. The first kappa shape index (κ1) is 18.7. The molecule has 0 radical (unpaired) electrons. The zero-order valence-corrected chi connectivity index (χ0v) is 15.2. The molecule has 0 bridgehead atoms. The molecule has 2 rings (SSSR count). The molecule has 24 heavy (non-hydrogen) atoms. The highest BCUT2D eigenvalue weighted by Gasteiger charge is 2.28. The number of carbonyl (C=O) groups excluding carboxylic acids is 1. The average molecular weight is 354 g/mol. The van der Waals surface area contributed by atoms with Crippen molar-refractivity contribution in [2.45, 2.75) is 26.7 Å². The van der Waals surface area contributed by atoms with Gasteiger partial charge in [-0.05, 0) is 25.5 Å². The predicted molar refractivity (Wildman–Crippen MR) is 93.5 cm³/mol. The maximum Gasteiger partial charge on any atom is 0.260 e. The largest absolute Gasteiger partial charge is 0.484 e. The molecule has 1 amide bonds. The summed E-state index contributed by atoms with van der Waals surface area (Å²) in [7, 11) is -3.19. The summed E-state index contributed by atoms with van der Waals surface area (Å²) in [4.78, 5) is 13.9. The third kappa shape index (κ3) is 5.21. The van der Waals surface area contributed by atoms with Gasteiger partial charge in [-0.15, -0.1) is 0 Å². The maximum atomic E-state index is 12.2. The van der Waals surface area contributed by atoms with Crippen LogP contribution in [0.4, 0.5) is 0 Å². The van der Waals surface area contributed by atoms with Crippen molar-refractivity contribution in [3.05, 3.63) is 29.8 Å². The summed E-state index contributed by atoms with van der Waals surface area (Å²) in [6.45, 7) is 5.50. The molecule has 1 aliphatic heterocycles. The van der Waals surface area contributed by atoms with E-state index in [1.54, 1.807) is 4.90 Å². The summed E-state index contributed by atoms with van der Waals surface area (Å²) >= 11 is 0. The van der Waals surface area contributed by atoms with Gasteiger partial charge in [0, 0.05) is 26.2 Å². The van der Waals surface area contributed by atoms with Crippen molar-refractivity contribution >= 4 is 15.9 Å². The number of benzene rings is 1. The second-order valence-corrected chi connectivity index (χ2v) is 8.14. The van der Waals surface area contributed by atoms with Crippen molar-refractivity contribution < 1.29 is 17.9 Å². The molecule has 0 aromatic heterocycles. The van der Waals surface area contributed by atoms with Crippen LogP contribution in [0.15, 0.2) is 24.3 Å². The number of nitrogens with zero attached hydrogens (tertiary/aromatic N) is 2. The molecule has 6 nitrogen and oxygen atoms in total. The lowest BCUT2D eigenvalue weighted by molar-refractivity contribution is -0.134. The molecular weight excluding hydrogens is 328 g/mol. The second kappa shape index (κ2) is 8.48. The van der Waals surface area contributed by atoms with E-state index >= 15 is 0 Å². The lowest BCUT2D eigenvalue weighted by Crippen LogP contribution is -2.52.